The van der Waals surface area contributed by atoms with Crippen molar-refractivity contribution in [1.29, 1.82) is 0 Å². The van der Waals surface area contributed by atoms with Crippen LogP contribution in [0.3, 0.4) is 0 Å². The largest absolute Gasteiger partial charge is 0.461 e. The normalized spacial score (nSPS) is 10.9. The summed E-state index contributed by atoms with van der Waals surface area (Å²) in [5.74, 6) is -0.303. The lowest BCUT2D eigenvalue weighted by Gasteiger charge is -2.01. The predicted molar refractivity (Wildman–Crippen MR) is 71.8 cm³/mol. The van der Waals surface area contributed by atoms with Gasteiger partial charge in [-0.2, -0.15) is 0 Å². The number of rotatable bonds is 2. The lowest BCUT2D eigenvalue weighted by molar-refractivity contribution is 0.0522. The molecule has 18 heavy (non-hydrogen) atoms. The molecule has 0 spiro atoms. The van der Waals surface area contributed by atoms with E-state index < -0.39 is 0 Å². The highest BCUT2D eigenvalue weighted by Gasteiger charge is 2.14. The van der Waals surface area contributed by atoms with Crippen LogP contribution in [0, 0.1) is 0 Å². The van der Waals surface area contributed by atoms with Gasteiger partial charge >= 0.3 is 5.97 Å². The Hall–Kier alpha value is -2.29. The number of H-pyrrole nitrogens is 1. The summed E-state index contributed by atoms with van der Waals surface area (Å²) in [4.78, 5) is 14.8. The molecule has 0 amide bonds. The fraction of sp³-hybridized carbons (Fsp3) is 0.133. The topological polar surface area (TPSA) is 42.1 Å². The third kappa shape index (κ3) is 1.56. The highest BCUT2D eigenvalue weighted by Crippen LogP contribution is 2.27. The third-order valence-electron chi connectivity index (χ3n) is 3.08. The number of carbonyl (C=O) groups is 1. The van der Waals surface area contributed by atoms with Gasteiger partial charge in [0.15, 0.2) is 0 Å². The third-order valence-corrected chi connectivity index (χ3v) is 3.08. The van der Waals surface area contributed by atoms with Gasteiger partial charge in [-0.1, -0.05) is 36.4 Å². The highest BCUT2D eigenvalue weighted by atomic mass is 16.5. The van der Waals surface area contributed by atoms with Gasteiger partial charge in [0.1, 0.15) is 5.69 Å². The van der Waals surface area contributed by atoms with E-state index in [0.717, 1.165) is 16.2 Å². The minimum Gasteiger partial charge on any atom is -0.461 e. The molecule has 1 heterocycles. The van der Waals surface area contributed by atoms with Crippen LogP contribution in [0.25, 0.3) is 21.5 Å². The van der Waals surface area contributed by atoms with E-state index in [4.69, 9.17) is 4.74 Å². The van der Waals surface area contributed by atoms with Crippen LogP contribution in [-0.2, 0) is 4.74 Å². The van der Waals surface area contributed by atoms with Crippen molar-refractivity contribution in [1.82, 2.24) is 4.98 Å². The van der Waals surface area contributed by atoms with Crippen LogP contribution in [0.1, 0.15) is 17.4 Å². The van der Waals surface area contributed by atoms with Crippen molar-refractivity contribution in [2.24, 2.45) is 0 Å². The predicted octanol–water partition coefficient (Wildman–Crippen LogP) is 3.50. The fourth-order valence-corrected chi connectivity index (χ4v) is 2.26. The van der Waals surface area contributed by atoms with Gasteiger partial charge in [0.25, 0.3) is 0 Å². The molecule has 0 unspecified atom stereocenters. The summed E-state index contributed by atoms with van der Waals surface area (Å²) in [5, 5.41) is 4.27. The Labute approximate surface area is 104 Å². The number of hydrogen-bond acceptors (Lipinski definition) is 2. The fourth-order valence-electron chi connectivity index (χ4n) is 2.26. The van der Waals surface area contributed by atoms with E-state index in [-0.39, 0.29) is 5.97 Å². The van der Waals surface area contributed by atoms with Crippen molar-refractivity contribution in [2.75, 3.05) is 6.61 Å². The van der Waals surface area contributed by atoms with E-state index in [0.29, 0.717) is 12.3 Å². The molecular formula is C15H13NO2. The summed E-state index contributed by atoms with van der Waals surface area (Å²) in [5.41, 5.74) is 0.526. The first kappa shape index (κ1) is 10.8. The van der Waals surface area contributed by atoms with Crippen molar-refractivity contribution < 1.29 is 9.53 Å². The Balaban J connectivity index is 2.26. The van der Waals surface area contributed by atoms with Gasteiger partial charge in [-0.3, -0.25) is 0 Å². The molecule has 0 saturated carbocycles. The number of carbonyl (C=O) groups excluding carboxylic acids is 1. The minimum atomic E-state index is -0.303. The molecule has 1 N–H and O–H groups in total. The Morgan fingerprint density at radius 2 is 1.94 bits per heavy atom. The van der Waals surface area contributed by atoms with E-state index in [1.165, 1.54) is 5.39 Å². The van der Waals surface area contributed by atoms with Crippen LogP contribution >= 0.6 is 0 Å². The standard InChI is InChI=1S/C15H13NO2/c1-2-18-15(17)14-12-8-7-10-5-3-4-6-11(10)13(12)9-16-14/h3-9,16H,2H2,1H3. The molecule has 3 nitrogen and oxygen atoms in total. The molecule has 0 atom stereocenters. The summed E-state index contributed by atoms with van der Waals surface area (Å²) in [6.07, 6.45) is 1.86. The lowest BCUT2D eigenvalue weighted by Crippen LogP contribution is -2.05. The van der Waals surface area contributed by atoms with E-state index in [9.17, 15) is 4.79 Å². The molecule has 0 saturated heterocycles. The second-order valence-corrected chi connectivity index (χ2v) is 4.13. The van der Waals surface area contributed by atoms with Crippen molar-refractivity contribution >= 4 is 27.5 Å². The van der Waals surface area contributed by atoms with Crippen molar-refractivity contribution in [3.05, 3.63) is 48.3 Å². The number of esters is 1. The first-order valence-corrected chi connectivity index (χ1v) is 5.97. The molecule has 3 aromatic rings. The number of hydrogen-bond donors (Lipinski definition) is 1. The maximum Gasteiger partial charge on any atom is 0.355 e. The van der Waals surface area contributed by atoms with Gasteiger partial charge in [-0.15, -0.1) is 0 Å². The van der Waals surface area contributed by atoms with Crippen LogP contribution in [0.5, 0.6) is 0 Å². The van der Waals surface area contributed by atoms with Crippen LogP contribution in [0.4, 0.5) is 0 Å². The van der Waals surface area contributed by atoms with Gasteiger partial charge in [0.2, 0.25) is 0 Å². The molecule has 0 aliphatic heterocycles. The lowest BCUT2D eigenvalue weighted by atomic mass is 10.0. The van der Waals surface area contributed by atoms with Crippen LogP contribution < -0.4 is 0 Å². The summed E-state index contributed by atoms with van der Waals surface area (Å²) in [7, 11) is 0. The number of nitrogens with one attached hydrogen (secondary N) is 1. The van der Waals surface area contributed by atoms with E-state index in [1.54, 1.807) is 6.92 Å². The molecule has 3 heteroatoms. The number of aromatic amines is 1. The SMILES string of the molecule is CCOC(=O)c1[nH]cc2c1ccc1ccccc12. The smallest absolute Gasteiger partial charge is 0.355 e. The molecule has 90 valence electrons. The maximum atomic E-state index is 11.8. The summed E-state index contributed by atoms with van der Waals surface area (Å²) >= 11 is 0. The van der Waals surface area contributed by atoms with Gasteiger partial charge in [0.05, 0.1) is 6.61 Å². The first-order valence-electron chi connectivity index (χ1n) is 5.97. The number of benzene rings is 2. The van der Waals surface area contributed by atoms with E-state index >= 15 is 0 Å². The van der Waals surface area contributed by atoms with Crippen LogP contribution in [0.2, 0.25) is 0 Å². The summed E-state index contributed by atoms with van der Waals surface area (Å²) < 4.78 is 5.04. The Morgan fingerprint density at radius 1 is 1.11 bits per heavy atom. The average Bonchev–Trinajstić information content (AvgIpc) is 2.83. The Morgan fingerprint density at radius 3 is 2.78 bits per heavy atom. The van der Waals surface area contributed by atoms with Crippen LogP contribution in [0.15, 0.2) is 42.6 Å². The van der Waals surface area contributed by atoms with Crippen LogP contribution in [-0.4, -0.2) is 17.6 Å². The summed E-state index contributed by atoms with van der Waals surface area (Å²) in [6, 6.07) is 12.1. The molecule has 2 aromatic carbocycles. The van der Waals surface area contributed by atoms with Gasteiger partial charge in [0, 0.05) is 17.0 Å². The summed E-state index contributed by atoms with van der Waals surface area (Å²) in [6.45, 7) is 2.19. The van der Waals surface area contributed by atoms with Gasteiger partial charge in [-0.25, -0.2) is 4.79 Å². The zero-order valence-electron chi connectivity index (χ0n) is 10.1. The number of fused-ring (bicyclic) bond motifs is 3. The Bertz CT molecular complexity index is 728. The second kappa shape index (κ2) is 4.18. The molecule has 0 radical (unpaired) electrons. The second-order valence-electron chi connectivity index (χ2n) is 4.13. The molecular weight excluding hydrogens is 226 g/mol. The minimum absolute atomic E-state index is 0.303. The number of ether oxygens (including phenoxy) is 1. The van der Waals surface area contributed by atoms with Gasteiger partial charge < -0.3 is 9.72 Å². The van der Waals surface area contributed by atoms with Crippen molar-refractivity contribution in [3.8, 4) is 0 Å². The highest BCUT2D eigenvalue weighted by molar-refractivity contribution is 6.13. The maximum absolute atomic E-state index is 11.8. The quantitative estimate of drug-likeness (QED) is 0.695. The zero-order valence-corrected chi connectivity index (χ0v) is 10.1. The molecule has 1 aromatic heterocycles. The molecule has 0 fully saturated rings. The molecule has 3 rings (SSSR count). The van der Waals surface area contributed by atoms with E-state index in [1.807, 2.05) is 30.5 Å². The monoisotopic (exact) mass is 239 g/mol. The average molecular weight is 239 g/mol. The first-order chi connectivity index (χ1) is 8.81. The number of aromatic nitrogens is 1. The molecule has 0 aliphatic carbocycles. The zero-order chi connectivity index (χ0) is 12.5. The Kier molecular flexibility index (Phi) is 2.52. The van der Waals surface area contributed by atoms with Crippen molar-refractivity contribution in [3.63, 3.8) is 0 Å². The van der Waals surface area contributed by atoms with Crippen molar-refractivity contribution in [2.45, 2.75) is 6.92 Å². The van der Waals surface area contributed by atoms with E-state index in [2.05, 4.69) is 17.1 Å². The molecule has 0 aliphatic rings. The molecule has 0 bridgehead atoms. The van der Waals surface area contributed by atoms with Gasteiger partial charge in [-0.05, 0) is 17.7 Å².